The minimum absolute atomic E-state index is 0.337. The van der Waals surface area contributed by atoms with Gasteiger partial charge in [0.15, 0.2) is 0 Å². The third kappa shape index (κ3) is 5.32. The van der Waals surface area contributed by atoms with Gasteiger partial charge in [0.1, 0.15) is 12.3 Å². The molecule has 0 spiro atoms. The van der Waals surface area contributed by atoms with Gasteiger partial charge < -0.3 is 14.6 Å². The molecular weight excluding hydrogens is 376 g/mol. The zero-order chi connectivity index (χ0) is 20.4. The van der Waals surface area contributed by atoms with Crippen LogP contribution in [0.2, 0.25) is 0 Å². The highest BCUT2D eigenvalue weighted by Crippen LogP contribution is 2.12. The Kier molecular flexibility index (Phi) is 6.48. The van der Waals surface area contributed by atoms with Crippen molar-refractivity contribution in [3.05, 3.63) is 114 Å². The predicted molar refractivity (Wildman–Crippen MR) is 116 cm³/mol. The predicted octanol–water partition coefficient (Wildman–Crippen LogP) is 4.69. The molecule has 3 aromatic carbocycles. The number of hydrogen-bond acceptors (Lipinski definition) is 6. The minimum Gasteiger partial charge on any atom is -0.408 e. The van der Waals surface area contributed by atoms with E-state index in [1.165, 1.54) is 0 Å². The molecule has 6 heteroatoms. The van der Waals surface area contributed by atoms with Gasteiger partial charge in [-0.3, -0.25) is 0 Å². The molecule has 1 aromatic heterocycles. The first-order valence-corrected chi connectivity index (χ1v) is 9.79. The van der Waals surface area contributed by atoms with Crippen molar-refractivity contribution >= 4 is 11.7 Å². The molecular formula is C24H22N4O2. The summed E-state index contributed by atoms with van der Waals surface area (Å²) in [5.41, 5.74) is 3.92. The second-order valence-electron chi connectivity index (χ2n) is 6.60. The molecule has 0 aliphatic carbocycles. The van der Waals surface area contributed by atoms with Gasteiger partial charge in [-0.05, 0) is 5.56 Å². The molecule has 0 radical (unpaired) electrons. The molecule has 30 heavy (non-hydrogen) atoms. The number of nitrogens with zero attached hydrogens (tertiary/aromatic N) is 3. The van der Waals surface area contributed by atoms with Gasteiger partial charge in [0.2, 0.25) is 5.89 Å². The van der Waals surface area contributed by atoms with Gasteiger partial charge in [-0.2, -0.15) is 0 Å². The van der Waals surface area contributed by atoms with Crippen molar-refractivity contribution in [2.24, 2.45) is 5.16 Å². The van der Waals surface area contributed by atoms with Gasteiger partial charge in [-0.15, -0.1) is 5.10 Å². The summed E-state index contributed by atoms with van der Waals surface area (Å²) < 4.78 is 5.62. The summed E-state index contributed by atoms with van der Waals surface area (Å²) in [6, 6.07) is 30.4. The highest BCUT2D eigenvalue weighted by molar-refractivity contribution is 6.12. The van der Waals surface area contributed by atoms with Crippen LogP contribution in [0, 0.1) is 0 Å². The van der Waals surface area contributed by atoms with Crippen LogP contribution < -0.4 is 5.32 Å². The highest BCUT2D eigenvalue weighted by atomic mass is 16.6. The van der Waals surface area contributed by atoms with Crippen molar-refractivity contribution in [1.82, 2.24) is 10.2 Å². The van der Waals surface area contributed by atoms with Crippen LogP contribution in [-0.2, 0) is 17.8 Å². The SMILES string of the molecule is c1ccc(CNc2nnc(CCON=C(c3ccccc3)c3ccccc3)o2)cc1. The maximum atomic E-state index is 5.62. The van der Waals surface area contributed by atoms with E-state index in [0.717, 1.165) is 22.4 Å². The summed E-state index contributed by atoms with van der Waals surface area (Å²) >= 11 is 0. The Hall–Kier alpha value is -3.93. The smallest absolute Gasteiger partial charge is 0.315 e. The van der Waals surface area contributed by atoms with Crippen LogP contribution in [0.5, 0.6) is 0 Å². The molecule has 0 amide bonds. The van der Waals surface area contributed by atoms with E-state index in [4.69, 9.17) is 9.25 Å². The zero-order valence-electron chi connectivity index (χ0n) is 16.4. The summed E-state index contributed by atoms with van der Waals surface area (Å²) in [5, 5.41) is 15.6. The van der Waals surface area contributed by atoms with Gasteiger partial charge in [0.25, 0.3) is 0 Å². The molecule has 0 bridgehead atoms. The summed E-state index contributed by atoms with van der Waals surface area (Å²) in [7, 11) is 0. The van der Waals surface area contributed by atoms with Gasteiger partial charge in [0, 0.05) is 17.7 Å². The van der Waals surface area contributed by atoms with E-state index in [-0.39, 0.29) is 0 Å². The van der Waals surface area contributed by atoms with E-state index in [2.05, 4.69) is 20.7 Å². The van der Waals surface area contributed by atoms with Crippen molar-refractivity contribution in [1.29, 1.82) is 0 Å². The lowest BCUT2D eigenvalue weighted by molar-refractivity contribution is 0.143. The number of oxime groups is 1. The van der Waals surface area contributed by atoms with Crippen molar-refractivity contribution < 1.29 is 9.25 Å². The van der Waals surface area contributed by atoms with E-state index in [1.54, 1.807) is 0 Å². The van der Waals surface area contributed by atoms with E-state index in [0.29, 0.717) is 31.5 Å². The Morgan fingerprint density at radius 3 is 2.03 bits per heavy atom. The second-order valence-corrected chi connectivity index (χ2v) is 6.60. The lowest BCUT2D eigenvalue weighted by Crippen LogP contribution is -2.05. The molecule has 6 nitrogen and oxygen atoms in total. The van der Waals surface area contributed by atoms with Crippen molar-refractivity contribution in [2.75, 3.05) is 11.9 Å². The summed E-state index contributed by atoms with van der Waals surface area (Å²) in [5.74, 6) is 0.502. The molecule has 0 saturated heterocycles. The largest absolute Gasteiger partial charge is 0.408 e. The number of hydrogen-bond donors (Lipinski definition) is 1. The Morgan fingerprint density at radius 2 is 1.40 bits per heavy atom. The zero-order valence-corrected chi connectivity index (χ0v) is 16.4. The monoisotopic (exact) mass is 398 g/mol. The lowest BCUT2D eigenvalue weighted by atomic mass is 10.0. The van der Waals surface area contributed by atoms with Gasteiger partial charge in [0.05, 0.1) is 6.42 Å². The lowest BCUT2D eigenvalue weighted by Gasteiger charge is -2.07. The molecule has 0 fully saturated rings. The van der Waals surface area contributed by atoms with Gasteiger partial charge in [-0.1, -0.05) is 101 Å². The molecule has 1 heterocycles. The third-order valence-corrected chi connectivity index (χ3v) is 4.41. The summed E-state index contributed by atoms with van der Waals surface area (Å²) in [4.78, 5) is 5.59. The molecule has 150 valence electrons. The van der Waals surface area contributed by atoms with Gasteiger partial charge in [-0.25, -0.2) is 0 Å². The van der Waals surface area contributed by atoms with Crippen LogP contribution >= 0.6 is 0 Å². The normalized spacial score (nSPS) is 10.4. The molecule has 4 rings (SSSR count). The quantitative estimate of drug-likeness (QED) is 0.251. The topological polar surface area (TPSA) is 72.5 Å². The third-order valence-electron chi connectivity index (χ3n) is 4.41. The molecule has 0 atom stereocenters. The Balaban J connectivity index is 1.34. The van der Waals surface area contributed by atoms with Gasteiger partial charge >= 0.3 is 6.01 Å². The van der Waals surface area contributed by atoms with Crippen LogP contribution in [0.3, 0.4) is 0 Å². The van der Waals surface area contributed by atoms with Crippen molar-refractivity contribution in [2.45, 2.75) is 13.0 Å². The highest BCUT2D eigenvalue weighted by Gasteiger charge is 2.09. The van der Waals surface area contributed by atoms with Crippen LogP contribution in [0.1, 0.15) is 22.6 Å². The molecule has 0 unspecified atom stereocenters. The van der Waals surface area contributed by atoms with E-state index < -0.39 is 0 Å². The first kappa shape index (κ1) is 19.4. The Bertz CT molecular complexity index is 1020. The number of nitrogens with one attached hydrogen (secondary N) is 1. The van der Waals surface area contributed by atoms with E-state index in [9.17, 15) is 0 Å². The first-order valence-electron chi connectivity index (χ1n) is 9.79. The van der Waals surface area contributed by atoms with E-state index in [1.807, 2.05) is 91.0 Å². The Morgan fingerprint density at radius 1 is 0.800 bits per heavy atom. The summed E-state index contributed by atoms with van der Waals surface area (Å²) in [6.45, 7) is 0.963. The Labute approximate surface area is 175 Å². The fraction of sp³-hybridized carbons (Fsp3) is 0.125. The minimum atomic E-state index is 0.337. The standard InChI is InChI=1S/C24H22N4O2/c1-4-10-19(11-5-1)18-25-24-27-26-22(30-24)16-17-29-28-23(20-12-6-2-7-13-20)21-14-8-3-9-15-21/h1-15H,16-18H2,(H,25,27). The summed E-state index contributed by atoms with van der Waals surface area (Å²) in [6.07, 6.45) is 0.473. The number of anilines is 1. The average molecular weight is 398 g/mol. The number of benzene rings is 3. The van der Waals surface area contributed by atoms with E-state index >= 15 is 0 Å². The van der Waals surface area contributed by atoms with Crippen LogP contribution in [0.15, 0.2) is 101 Å². The number of aromatic nitrogens is 2. The number of rotatable bonds is 9. The van der Waals surface area contributed by atoms with Crippen molar-refractivity contribution in [3.8, 4) is 0 Å². The second kappa shape index (κ2) is 10.0. The van der Waals surface area contributed by atoms with Crippen molar-refractivity contribution in [3.63, 3.8) is 0 Å². The first-order chi connectivity index (χ1) is 14.9. The van der Waals surface area contributed by atoms with Crippen LogP contribution in [0.25, 0.3) is 0 Å². The van der Waals surface area contributed by atoms with Crippen LogP contribution in [0.4, 0.5) is 6.01 Å². The average Bonchev–Trinajstić information content (AvgIpc) is 3.27. The maximum Gasteiger partial charge on any atom is 0.315 e. The molecule has 0 saturated carbocycles. The molecule has 0 aliphatic heterocycles. The molecule has 0 aliphatic rings. The fourth-order valence-corrected chi connectivity index (χ4v) is 2.91. The molecule has 1 N–H and O–H groups in total. The fourth-order valence-electron chi connectivity index (χ4n) is 2.91. The molecule has 4 aromatic rings. The van der Waals surface area contributed by atoms with Crippen LogP contribution in [-0.4, -0.2) is 22.5 Å². The maximum absolute atomic E-state index is 5.62.